The molecule has 1 aliphatic rings. The van der Waals surface area contributed by atoms with Crippen LogP contribution in [-0.4, -0.2) is 66.7 Å². The molecule has 12 nitrogen and oxygen atoms in total. The molecule has 2 heterocycles. The van der Waals surface area contributed by atoms with Crippen LogP contribution in [0, 0.1) is 11.8 Å². The third kappa shape index (κ3) is 8.27. The normalized spacial score (nSPS) is 20.7. The second-order valence-corrected chi connectivity index (χ2v) is 10.1. The van der Waals surface area contributed by atoms with Crippen LogP contribution in [0.25, 0.3) is 0 Å². The maximum absolute atomic E-state index is 13.4. The Balaban J connectivity index is 1.89. The number of amides is 1. The minimum absolute atomic E-state index is 0.0789. The Morgan fingerprint density at radius 3 is 2.45 bits per heavy atom. The Hall–Kier alpha value is -4.48. The second-order valence-electron chi connectivity index (χ2n) is 10.1. The maximum atomic E-state index is 13.4. The highest BCUT2D eigenvalue weighted by molar-refractivity contribution is 5.99. The fraction of sp³-hybridized carbons (Fsp3) is 0.467. The van der Waals surface area contributed by atoms with Crippen LogP contribution < -0.4 is 14.8 Å². The summed E-state index contributed by atoms with van der Waals surface area (Å²) < 4.78 is 27.3. The molecular formula is C30H36N2O10. The molecule has 0 spiro atoms. The summed E-state index contributed by atoms with van der Waals surface area (Å²) in [6.45, 7) is 6.01. The van der Waals surface area contributed by atoms with Crippen molar-refractivity contribution in [2.75, 3.05) is 13.7 Å². The Labute approximate surface area is 244 Å². The van der Waals surface area contributed by atoms with Gasteiger partial charge in [-0.3, -0.25) is 19.2 Å². The van der Waals surface area contributed by atoms with Crippen molar-refractivity contribution in [3.63, 3.8) is 0 Å². The van der Waals surface area contributed by atoms with E-state index in [-0.39, 0.29) is 30.0 Å². The van der Waals surface area contributed by atoms with Gasteiger partial charge in [-0.1, -0.05) is 51.1 Å². The average Bonchev–Trinajstić information content (AvgIpc) is 2.99. The SMILES string of the molecule is CCCC(=O)Oc1c(OC)ccnc1C(=O)NC1COC(=O)C(Cc2ccccc2)C(OC(=O)C(C)C)C(C)OC1=O. The van der Waals surface area contributed by atoms with Crippen molar-refractivity contribution in [2.45, 2.75) is 65.2 Å². The lowest BCUT2D eigenvalue weighted by Crippen LogP contribution is -2.47. The van der Waals surface area contributed by atoms with Gasteiger partial charge in [0.15, 0.2) is 23.6 Å². The zero-order valence-electron chi connectivity index (χ0n) is 24.3. The number of cyclic esters (lactones) is 2. The van der Waals surface area contributed by atoms with E-state index in [9.17, 15) is 24.0 Å². The number of carbonyl (C=O) groups excluding carboxylic acids is 5. The standard InChI is InChI=1S/C30H36N2O10/c1-6-10-23(33)41-26-22(38-5)13-14-31-24(26)27(34)32-21-16-39-29(36)20(15-19-11-8-7-9-12-19)25(18(4)40-30(21)37)42-28(35)17(2)3/h7-9,11-14,17-18,20-21,25H,6,10,15-16H2,1-5H3,(H,32,34). The van der Waals surface area contributed by atoms with Crippen LogP contribution >= 0.6 is 0 Å². The molecule has 1 N–H and O–H groups in total. The van der Waals surface area contributed by atoms with E-state index in [1.165, 1.54) is 26.3 Å². The van der Waals surface area contributed by atoms with E-state index in [2.05, 4.69) is 10.3 Å². The molecular weight excluding hydrogens is 548 g/mol. The summed E-state index contributed by atoms with van der Waals surface area (Å²) in [5.41, 5.74) is 0.457. The van der Waals surface area contributed by atoms with Crippen LogP contribution in [0.1, 0.15) is 56.6 Å². The van der Waals surface area contributed by atoms with Gasteiger partial charge in [0.05, 0.1) is 13.0 Å². The number of ether oxygens (including phenoxy) is 5. The highest BCUT2D eigenvalue weighted by Gasteiger charge is 2.42. The fourth-order valence-corrected chi connectivity index (χ4v) is 4.20. The molecule has 2 aromatic rings. The number of nitrogens with one attached hydrogen (secondary N) is 1. The van der Waals surface area contributed by atoms with Crippen LogP contribution in [0.3, 0.4) is 0 Å². The minimum Gasteiger partial charge on any atom is -0.493 e. The summed E-state index contributed by atoms with van der Waals surface area (Å²) in [5.74, 6) is -5.39. The molecule has 1 aromatic carbocycles. The zero-order valence-corrected chi connectivity index (χ0v) is 24.3. The van der Waals surface area contributed by atoms with E-state index in [1.807, 2.05) is 18.2 Å². The number of nitrogens with zero attached hydrogens (tertiary/aromatic N) is 1. The van der Waals surface area contributed by atoms with Crippen LogP contribution in [0.15, 0.2) is 42.6 Å². The first-order chi connectivity index (χ1) is 20.0. The number of esters is 4. The quantitative estimate of drug-likeness (QED) is 0.324. The van der Waals surface area contributed by atoms with Gasteiger partial charge in [0.25, 0.3) is 5.91 Å². The number of benzene rings is 1. The average molecular weight is 585 g/mol. The first-order valence-electron chi connectivity index (χ1n) is 13.7. The summed E-state index contributed by atoms with van der Waals surface area (Å²) in [6.07, 6.45) is -0.200. The summed E-state index contributed by atoms with van der Waals surface area (Å²) in [6, 6.07) is 9.02. The summed E-state index contributed by atoms with van der Waals surface area (Å²) in [7, 11) is 1.33. The van der Waals surface area contributed by atoms with Crippen LogP contribution in [0.5, 0.6) is 11.5 Å². The molecule has 12 heteroatoms. The number of carbonyl (C=O) groups is 5. The molecule has 1 saturated heterocycles. The lowest BCUT2D eigenvalue weighted by atomic mass is 9.91. The smallest absolute Gasteiger partial charge is 0.332 e. The number of hydrogen-bond acceptors (Lipinski definition) is 11. The van der Waals surface area contributed by atoms with Crippen LogP contribution in [0.2, 0.25) is 0 Å². The molecule has 42 heavy (non-hydrogen) atoms. The summed E-state index contributed by atoms with van der Waals surface area (Å²) >= 11 is 0. The van der Waals surface area contributed by atoms with Gasteiger partial charge < -0.3 is 29.0 Å². The Kier molecular flexibility index (Phi) is 11.4. The van der Waals surface area contributed by atoms with Crippen molar-refractivity contribution in [3.8, 4) is 11.5 Å². The van der Waals surface area contributed by atoms with E-state index in [4.69, 9.17) is 23.7 Å². The second kappa shape index (κ2) is 14.9. The van der Waals surface area contributed by atoms with Crippen molar-refractivity contribution in [2.24, 2.45) is 11.8 Å². The molecule has 4 unspecified atom stereocenters. The van der Waals surface area contributed by atoms with Gasteiger partial charge in [-0.2, -0.15) is 0 Å². The van der Waals surface area contributed by atoms with Crippen molar-refractivity contribution in [1.82, 2.24) is 10.3 Å². The highest BCUT2D eigenvalue weighted by Crippen LogP contribution is 2.30. The van der Waals surface area contributed by atoms with Crippen molar-refractivity contribution in [1.29, 1.82) is 0 Å². The number of aromatic nitrogens is 1. The molecule has 3 rings (SSSR count). The predicted octanol–water partition coefficient (Wildman–Crippen LogP) is 2.81. The molecule has 4 atom stereocenters. The molecule has 0 saturated carbocycles. The van der Waals surface area contributed by atoms with Crippen LogP contribution in [0.4, 0.5) is 0 Å². The monoisotopic (exact) mass is 584 g/mol. The first-order valence-corrected chi connectivity index (χ1v) is 13.7. The molecule has 1 fully saturated rings. The van der Waals surface area contributed by atoms with E-state index >= 15 is 0 Å². The zero-order chi connectivity index (χ0) is 30.8. The van der Waals surface area contributed by atoms with E-state index in [1.54, 1.807) is 32.9 Å². The van der Waals surface area contributed by atoms with Gasteiger partial charge in [-0.05, 0) is 25.3 Å². The van der Waals surface area contributed by atoms with Crippen molar-refractivity contribution >= 4 is 29.8 Å². The lowest BCUT2D eigenvalue weighted by molar-refractivity contribution is -0.176. The topological polar surface area (TPSA) is 156 Å². The van der Waals surface area contributed by atoms with Gasteiger partial charge in [-0.25, -0.2) is 9.78 Å². The lowest BCUT2D eigenvalue weighted by Gasteiger charge is -2.29. The maximum Gasteiger partial charge on any atom is 0.332 e. The minimum atomic E-state index is -1.45. The number of hydrogen-bond donors (Lipinski definition) is 1. The molecule has 0 bridgehead atoms. The Morgan fingerprint density at radius 1 is 1.10 bits per heavy atom. The van der Waals surface area contributed by atoms with Gasteiger partial charge in [0.1, 0.15) is 18.6 Å². The Bertz CT molecular complexity index is 1280. The molecule has 1 amide bonds. The summed E-state index contributed by atoms with van der Waals surface area (Å²) in [4.78, 5) is 68.7. The molecule has 1 aliphatic heterocycles. The molecule has 0 radical (unpaired) electrons. The number of pyridine rings is 1. The van der Waals surface area contributed by atoms with Gasteiger partial charge in [0, 0.05) is 18.7 Å². The Morgan fingerprint density at radius 2 is 1.81 bits per heavy atom. The number of rotatable bonds is 10. The number of methoxy groups -OCH3 is 1. The van der Waals surface area contributed by atoms with E-state index < -0.39 is 66.5 Å². The highest BCUT2D eigenvalue weighted by atomic mass is 16.6. The largest absolute Gasteiger partial charge is 0.493 e. The fourth-order valence-electron chi connectivity index (χ4n) is 4.20. The van der Waals surface area contributed by atoms with Gasteiger partial charge >= 0.3 is 23.9 Å². The third-order valence-electron chi connectivity index (χ3n) is 6.44. The molecule has 0 aliphatic carbocycles. The molecule has 1 aromatic heterocycles. The van der Waals surface area contributed by atoms with E-state index in [0.29, 0.717) is 6.42 Å². The van der Waals surface area contributed by atoms with Crippen molar-refractivity contribution in [3.05, 3.63) is 53.9 Å². The molecule has 226 valence electrons. The predicted molar refractivity (Wildman–Crippen MR) is 147 cm³/mol. The van der Waals surface area contributed by atoms with Crippen LogP contribution in [-0.2, 0) is 39.8 Å². The van der Waals surface area contributed by atoms with Crippen molar-refractivity contribution < 1.29 is 47.7 Å². The van der Waals surface area contributed by atoms with E-state index in [0.717, 1.165) is 5.56 Å². The third-order valence-corrected chi connectivity index (χ3v) is 6.44. The van der Waals surface area contributed by atoms with Gasteiger partial charge in [-0.15, -0.1) is 0 Å². The summed E-state index contributed by atoms with van der Waals surface area (Å²) in [5, 5.41) is 2.45. The first kappa shape index (κ1) is 32.0. The van der Waals surface area contributed by atoms with Gasteiger partial charge in [0.2, 0.25) is 5.75 Å².